The van der Waals surface area contributed by atoms with Gasteiger partial charge in [0.1, 0.15) is 5.75 Å². The molecular formula is C16H20N2O4S2. The smallest absolute Gasteiger partial charge is 0.241 e. The standard InChI is InChI=1S/C16H20N2O4S2/c1-11(15-5-4-10-23-15)17-16(19)12(2)18-24(20,21)14-8-6-13(22-3)7-9-14/h4-12,18H,1-3H3,(H,17,19). The second kappa shape index (κ2) is 7.78. The topological polar surface area (TPSA) is 84.5 Å². The molecule has 0 aliphatic heterocycles. The van der Waals surface area contributed by atoms with Gasteiger partial charge < -0.3 is 10.1 Å². The third kappa shape index (κ3) is 4.56. The monoisotopic (exact) mass is 368 g/mol. The molecule has 0 spiro atoms. The number of carbonyl (C=O) groups excluding carboxylic acids is 1. The van der Waals surface area contributed by atoms with Crippen molar-refractivity contribution in [1.82, 2.24) is 10.0 Å². The second-order valence-electron chi connectivity index (χ2n) is 5.26. The van der Waals surface area contributed by atoms with Crippen molar-refractivity contribution in [3.8, 4) is 5.75 Å². The van der Waals surface area contributed by atoms with Gasteiger partial charge in [-0.05, 0) is 49.6 Å². The lowest BCUT2D eigenvalue weighted by atomic mass is 10.2. The number of rotatable bonds is 7. The molecule has 8 heteroatoms. The van der Waals surface area contributed by atoms with E-state index in [0.717, 1.165) is 4.88 Å². The lowest BCUT2D eigenvalue weighted by molar-refractivity contribution is -0.122. The minimum Gasteiger partial charge on any atom is -0.497 e. The molecule has 0 radical (unpaired) electrons. The number of ether oxygens (including phenoxy) is 1. The van der Waals surface area contributed by atoms with Gasteiger partial charge in [-0.3, -0.25) is 4.79 Å². The molecule has 130 valence electrons. The maximum atomic E-state index is 12.3. The van der Waals surface area contributed by atoms with Crippen LogP contribution in [0, 0.1) is 0 Å². The molecule has 1 heterocycles. The SMILES string of the molecule is COc1ccc(S(=O)(=O)NC(C)C(=O)NC(C)c2cccs2)cc1. The van der Waals surface area contributed by atoms with Crippen LogP contribution in [0.5, 0.6) is 5.75 Å². The maximum absolute atomic E-state index is 12.3. The van der Waals surface area contributed by atoms with E-state index >= 15 is 0 Å². The van der Waals surface area contributed by atoms with E-state index < -0.39 is 16.1 Å². The minimum atomic E-state index is -3.78. The Morgan fingerprint density at radius 1 is 1.17 bits per heavy atom. The number of hydrogen-bond acceptors (Lipinski definition) is 5. The zero-order valence-electron chi connectivity index (χ0n) is 13.6. The molecule has 2 atom stereocenters. The largest absolute Gasteiger partial charge is 0.497 e. The molecule has 0 saturated carbocycles. The highest BCUT2D eigenvalue weighted by molar-refractivity contribution is 7.89. The van der Waals surface area contributed by atoms with Gasteiger partial charge in [-0.25, -0.2) is 8.42 Å². The van der Waals surface area contributed by atoms with E-state index in [1.165, 1.54) is 37.5 Å². The molecule has 6 nitrogen and oxygen atoms in total. The molecule has 2 aromatic rings. The zero-order valence-corrected chi connectivity index (χ0v) is 15.3. The molecule has 24 heavy (non-hydrogen) atoms. The van der Waals surface area contributed by atoms with Gasteiger partial charge in [0.25, 0.3) is 0 Å². The number of methoxy groups -OCH3 is 1. The summed E-state index contributed by atoms with van der Waals surface area (Å²) < 4.78 is 32.0. The molecule has 0 aliphatic rings. The van der Waals surface area contributed by atoms with Crippen LogP contribution in [0.2, 0.25) is 0 Å². The molecule has 2 N–H and O–H groups in total. The maximum Gasteiger partial charge on any atom is 0.241 e. The first-order valence-electron chi connectivity index (χ1n) is 7.33. The summed E-state index contributed by atoms with van der Waals surface area (Å²) in [6.07, 6.45) is 0. The van der Waals surface area contributed by atoms with E-state index in [2.05, 4.69) is 10.0 Å². The average molecular weight is 368 g/mol. The van der Waals surface area contributed by atoms with E-state index in [0.29, 0.717) is 5.75 Å². The highest BCUT2D eigenvalue weighted by Crippen LogP contribution is 2.18. The molecule has 2 rings (SSSR count). The Labute approximate surface area is 145 Å². The average Bonchev–Trinajstić information content (AvgIpc) is 3.09. The Balaban J connectivity index is 2.01. The van der Waals surface area contributed by atoms with Crippen LogP contribution < -0.4 is 14.8 Å². The van der Waals surface area contributed by atoms with Gasteiger partial charge in [0.2, 0.25) is 15.9 Å². The molecule has 0 bridgehead atoms. The minimum absolute atomic E-state index is 0.0780. The van der Waals surface area contributed by atoms with Gasteiger partial charge in [0.05, 0.1) is 24.1 Å². The van der Waals surface area contributed by atoms with E-state index in [1.54, 1.807) is 12.1 Å². The summed E-state index contributed by atoms with van der Waals surface area (Å²) in [5.41, 5.74) is 0. The van der Waals surface area contributed by atoms with Crippen molar-refractivity contribution in [3.63, 3.8) is 0 Å². The fourth-order valence-corrected chi connectivity index (χ4v) is 3.99. The molecular weight excluding hydrogens is 348 g/mol. The number of benzene rings is 1. The van der Waals surface area contributed by atoms with Crippen LogP contribution in [0.25, 0.3) is 0 Å². The van der Waals surface area contributed by atoms with Gasteiger partial charge in [0.15, 0.2) is 0 Å². The van der Waals surface area contributed by atoms with E-state index in [1.807, 2.05) is 24.4 Å². The normalized spacial score (nSPS) is 14.0. The molecule has 1 aromatic carbocycles. The third-order valence-corrected chi connectivity index (χ3v) is 6.04. The Hall–Kier alpha value is -1.90. The number of amides is 1. The summed E-state index contributed by atoms with van der Waals surface area (Å²) in [5, 5.41) is 4.72. The first-order valence-corrected chi connectivity index (χ1v) is 9.70. The number of sulfonamides is 1. The van der Waals surface area contributed by atoms with Gasteiger partial charge in [-0.15, -0.1) is 11.3 Å². The van der Waals surface area contributed by atoms with Crippen molar-refractivity contribution in [2.75, 3.05) is 7.11 Å². The second-order valence-corrected chi connectivity index (χ2v) is 7.96. The van der Waals surface area contributed by atoms with E-state index in [4.69, 9.17) is 4.74 Å². The van der Waals surface area contributed by atoms with E-state index in [-0.39, 0.29) is 16.8 Å². The van der Waals surface area contributed by atoms with Crippen molar-refractivity contribution in [1.29, 1.82) is 0 Å². The van der Waals surface area contributed by atoms with Crippen LogP contribution in [0.4, 0.5) is 0 Å². The quantitative estimate of drug-likeness (QED) is 0.785. The van der Waals surface area contributed by atoms with Crippen molar-refractivity contribution in [3.05, 3.63) is 46.7 Å². The Morgan fingerprint density at radius 3 is 2.38 bits per heavy atom. The summed E-state index contributed by atoms with van der Waals surface area (Å²) in [4.78, 5) is 13.3. The van der Waals surface area contributed by atoms with Crippen LogP contribution in [-0.2, 0) is 14.8 Å². The molecule has 2 unspecified atom stereocenters. The predicted molar refractivity (Wildman–Crippen MR) is 93.7 cm³/mol. The highest BCUT2D eigenvalue weighted by atomic mass is 32.2. The summed E-state index contributed by atoms with van der Waals surface area (Å²) in [6, 6.07) is 8.72. The lowest BCUT2D eigenvalue weighted by Crippen LogP contribution is -2.45. The fraction of sp³-hybridized carbons (Fsp3) is 0.312. The van der Waals surface area contributed by atoms with Gasteiger partial charge in [-0.1, -0.05) is 6.07 Å². The van der Waals surface area contributed by atoms with Crippen LogP contribution >= 0.6 is 11.3 Å². The number of hydrogen-bond donors (Lipinski definition) is 2. The predicted octanol–water partition coefficient (Wildman–Crippen LogP) is 2.30. The number of carbonyl (C=O) groups is 1. The summed E-state index contributed by atoms with van der Waals surface area (Å²) >= 11 is 1.53. The molecule has 1 aromatic heterocycles. The zero-order chi connectivity index (χ0) is 17.7. The van der Waals surface area contributed by atoms with Gasteiger partial charge >= 0.3 is 0 Å². The van der Waals surface area contributed by atoms with Crippen LogP contribution in [0.15, 0.2) is 46.7 Å². The molecule has 1 amide bonds. The summed E-state index contributed by atoms with van der Waals surface area (Å²) in [7, 11) is -2.28. The molecule has 0 aliphatic carbocycles. The van der Waals surface area contributed by atoms with Crippen molar-refractivity contribution >= 4 is 27.3 Å². The summed E-state index contributed by atoms with van der Waals surface area (Å²) in [6.45, 7) is 3.37. The van der Waals surface area contributed by atoms with Crippen LogP contribution in [-0.4, -0.2) is 27.5 Å². The number of thiophene rings is 1. The summed E-state index contributed by atoms with van der Waals surface area (Å²) in [5.74, 6) is 0.178. The van der Waals surface area contributed by atoms with Crippen molar-refractivity contribution in [2.45, 2.75) is 30.8 Å². The van der Waals surface area contributed by atoms with E-state index in [9.17, 15) is 13.2 Å². The first kappa shape index (κ1) is 18.4. The first-order chi connectivity index (χ1) is 11.3. The molecule has 0 fully saturated rings. The highest BCUT2D eigenvalue weighted by Gasteiger charge is 2.23. The fourth-order valence-electron chi connectivity index (χ4n) is 2.06. The van der Waals surface area contributed by atoms with Crippen LogP contribution in [0.1, 0.15) is 24.8 Å². The third-order valence-electron chi connectivity index (χ3n) is 3.42. The van der Waals surface area contributed by atoms with Crippen molar-refractivity contribution < 1.29 is 17.9 Å². The van der Waals surface area contributed by atoms with Crippen LogP contribution in [0.3, 0.4) is 0 Å². The Morgan fingerprint density at radius 2 is 1.83 bits per heavy atom. The lowest BCUT2D eigenvalue weighted by Gasteiger charge is -2.18. The molecule has 0 saturated heterocycles. The van der Waals surface area contributed by atoms with Gasteiger partial charge in [0, 0.05) is 4.88 Å². The Kier molecular flexibility index (Phi) is 5.98. The number of nitrogens with one attached hydrogen (secondary N) is 2. The van der Waals surface area contributed by atoms with Gasteiger partial charge in [-0.2, -0.15) is 4.72 Å². The van der Waals surface area contributed by atoms with Crippen molar-refractivity contribution in [2.24, 2.45) is 0 Å². The Bertz CT molecular complexity index is 771.